The molecule has 0 saturated carbocycles. The number of nitrogens with zero attached hydrogens (tertiary/aromatic N) is 3. The van der Waals surface area contributed by atoms with Crippen LogP contribution in [-0.4, -0.2) is 16.2 Å². The zero-order valence-corrected chi connectivity index (χ0v) is 14.4. The van der Waals surface area contributed by atoms with Gasteiger partial charge in [0.1, 0.15) is 0 Å². The minimum absolute atomic E-state index is 0.682. The normalized spacial score (nSPS) is 11.1. The van der Waals surface area contributed by atoms with Gasteiger partial charge in [0.05, 0.1) is 11.7 Å². The topological polar surface area (TPSA) is 50.2 Å². The molecule has 0 amide bonds. The van der Waals surface area contributed by atoms with Crippen LogP contribution in [0.4, 0.5) is 5.82 Å². The highest BCUT2D eigenvalue weighted by molar-refractivity contribution is 5.91. The fourth-order valence-corrected chi connectivity index (χ4v) is 2.70. The van der Waals surface area contributed by atoms with E-state index in [0.717, 1.165) is 22.0 Å². The Balaban J connectivity index is 1.72. The molecule has 0 bridgehead atoms. The Morgan fingerprint density at radius 1 is 0.808 bits per heavy atom. The first-order chi connectivity index (χ1) is 12.8. The van der Waals surface area contributed by atoms with Crippen molar-refractivity contribution >= 4 is 22.9 Å². The minimum atomic E-state index is 0.682. The summed E-state index contributed by atoms with van der Waals surface area (Å²) in [6.07, 6.45) is 1.78. The van der Waals surface area contributed by atoms with E-state index in [2.05, 4.69) is 29.6 Å². The van der Waals surface area contributed by atoms with Gasteiger partial charge in [0.15, 0.2) is 11.6 Å². The molecular weight excluding hydrogens is 320 g/mol. The maximum atomic E-state index is 4.70. The van der Waals surface area contributed by atoms with Gasteiger partial charge < -0.3 is 0 Å². The van der Waals surface area contributed by atoms with E-state index < -0.39 is 0 Å². The molecule has 4 rings (SSSR count). The summed E-state index contributed by atoms with van der Waals surface area (Å²) in [5.74, 6) is 1.37. The smallest absolute Gasteiger partial charge is 0.162 e. The molecule has 126 valence electrons. The zero-order valence-electron chi connectivity index (χ0n) is 14.4. The summed E-state index contributed by atoms with van der Waals surface area (Å²) >= 11 is 0. The van der Waals surface area contributed by atoms with Crippen LogP contribution < -0.4 is 5.43 Å². The van der Waals surface area contributed by atoms with Gasteiger partial charge in [0, 0.05) is 10.9 Å². The summed E-state index contributed by atoms with van der Waals surface area (Å²) in [5.41, 5.74) is 7.18. The molecule has 0 aliphatic carbocycles. The van der Waals surface area contributed by atoms with Crippen molar-refractivity contribution in [1.82, 2.24) is 9.97 Å². The lowest BCUT2D eigenvalue weighted by atomic mass is 10.1. The molecule has 4 heteroatoms. The number of hydrazone groups is 1. The van der Waals surface area contributed by atoms with Crippen LogP contribution in [0, 0.1) is 6.92 Å². The monoisotopic (exact) mass is 338 g/mol. The lowest BCUT2D eigenvalue weighted by Crippen LogP contribution is -1.99. The van der Waals surface area contributed by atoms with Crippen molar-refractivity contribution in [3.05, 3.63) is 90.0 Å². The van der Waals surface area contributed by atoms with Crippen LogP contribution in [0.3, 0.4) is 0 Å². The largest absolute Gasteiger partial charge is 0.261 e. The standard InChI is InChI=1S/C22H18N4/c1-16-11-13-18(14-12-16)21-24-20-10-6-5-9-19(20)22(25-21)26-23-15-17-7-3-2-4-8-17/h2-15H,1H3,(H,24,25,26). The third kappa shape index (κ3) is 3.44. The van der Waals surface area contributed by atoms with Crippen molar-refractivity contribution < 1.29 is 0 Å². The van der Waals surface area contributed by atoms with Gasteiger partial charge in [-0.15, -0.1) is 0 Å². The Kier molecular flexibility index (Phi) is 4.39. The van der Waals surface area contributed by atoms with Gasteiger partial charge in [-0.05, 0) is 24.6 Å². The van der Waals surface area contributed by atoms with Gasteiger partial charge in [-0.1, -0.05) is 72.3 Å². The Morgan fingerprint density at radius 3 is 2.35 bits per heavy atom. The third-order valence-electron chi connectivity index (χ3n) is 4.10. The summed E-state index contributed by atoms with van der Waals surface area (Å²) in [6.45, 7) is 2.07. The predicted molar refractivity (Wildman–Crippen MR) is 107 cm³/mol. The van der Waals surface area contributed by atoms with Crippen molar-refractivity contribution in [2.75, 3.05) is 5.43 Å². The zero-order chi connectivity index (χ0) is 17.8. The second-order valence-electron chi connectivity index (χ2n) is 6.06. The molecule has 3 aromatic carbocycles. The SMILES string of the molecule is Cc1ccc(-c2nc(NN=Cc3ccccc3)c3ccccc3n2)cc1. The quantitative estimate of drug-likeness (QED) is 0.418. The Hall–Kier alpha value is -3.53. The first kappa shape index (κ1) is 16.0. The fraction of sp³-hybridized carbons (Fsp3) is 0.0455. The molecule has 1 aromatic heterocycles. The van der Waals surface area contributed by atoms with Crippen LogP contribution in [-0.2, 0) is 0 Å². The molecule has 0 unspecified atom stereocenters. The van der Waals surface area contributed by atoms with Gasteiger partial charge in [0.2, 0.25) is 0 Å². The minimum Gasteiger partial charge on any atom is -0.261 e. The molecular formula is C22H18N4. The number of aromatic nitrogens is 2. The molecule has 0 aliphatic heterocycles. The Labute approximate surface area is 152 Å². The number of hydrogen-bond donors (Lipinski definition) is 1. The summed E-state index contributed by atoms with van der Waals surface area (Å²) in [4.78, 5) is 9.40. The molecule has 4 aromatic rings. The number of rotatable bonds is 4. The maximum Gasteiger partial charge on any atom is 0.162 e. The molecule has 4 nitrogen and oxygen atoms in total. The Morgan fingerprint density at radius 2 is 1.54 bits per heavy atom. The molecule has 1 heterocycles. The number of aryl methyl sites for hydroxylation is 1. The summed E-state index contributed by atoms with van der Waals surface area (Å²) in [6, 6.07) is 26.1. The van der Waals surface area contributed by atoms with Crippen LogP contribution in [0.1, 0.15) is 11.1 Å². The van der Waals surface area contributed by atoms with Crippen molar-refractivity contribution in [3.8, 4) is 11.4 Å². The predicted octanol–water partition coefficient (Wildman–Crippen LogP) is 5.05. The lowest BCUT2D eigenvalue weighted by Gasteiger charge is -2.08. The second kappa shape index (κ2) is 7.15. The number of anilines is 1. The van der Waals surface area contributed by atoms with Gasteiger partial charge in [-0.25, -0.2) is 9.97 Å². The summed E-state index contributed by atoms with van der Waals surface area (Å²) < 4.78 is 0. The van der Waals surface area contributed by atoms with E-state index in [1.54, 1.807) is 6.21 Å². The summed E-state index contributed by atoms with van der Waals surface area (Å²) in [5, 5.41) is 5.28. The van der Waals surface area contributed by atoms with Crippen molar-refractivity contribution in [3.63, 3.8) is 0 Å². The van der Waals surface area contributed by atoms with Gasteiger partial charge in [0.25, 0.3) is 0 Å². The van der Waals surface area contributed by atoms with Crippen LogP contribution in [0.25, 0.3) is 22.3 Å². The molecule has 26 heavy (non-hydrogen) atoms. The molecule has 0 atom stereocenters. The molecule has 0 aliphatic rings. The molecule has 0 radical (unpaired) electrons. The van der Waals surface area contributed by atoms with Gasteiger partial charge >= 0.3 is 0 Å². The number of hydrogen-bond acceptors (Lipinski definition) is 4. The highest BCUT2D eigenvalue weighted by atomic mass is 15.3. The number of para-hydroxylation sites is 1. The van der Waals surface area contributed by atoms with Gasteiger partial charge in [-0.3, -0.25) is 5.43 Å². The number of nitrogens with one attached hydrogen (secondary N) is 1. The molecule has 1 N–H and O–H groups in total. The fourth-order valence-electron chi connectivity index (χ4n) is 2.70. The summed E-state index contributed by atoms with van der Waals surface area (Å²) in [7, 11) is 0. The van der Waals surface area contributed by atoms with Crippen molar-refractivity contribution in [2.45, 2.75) is 6.92 Å². The van der Waals surface area contributed by atoms with E-state index in [-0.39, 0.29) is 0 Å². The Bertz CT molecular complexity index is 1050. The average molecular weight is 338 g/mol. The number of fused-ring (bicyclic) bond motifs is 1. The molecule has 0 saturated heterocycles. The van der Waals surface area contributed by atoms with Crippen molar-refractivity contribution in [1.29, 1.82) is 0 Å². The van der Waals surface area contributed by atoms with Crippen LogP contribution >= 0.6 is 0 Å². The lowest BCUT2D eigenvalue weighted by molar-refractivity contribution is 1.19. The molecule has 0 spiro atoms. The highest BCUT2D eigenvalue weighted by Crippen LogP contribution is 2.25. The second-order valence-corrected chi connectivity index (χ2v) is 6.06. The number of benzene rings is 3. The first-order valence-electron chi connectivity index (χ1n) is 8.47. The van der Waals surface area contributed by atoms with Crippen LogP contribution in [0.15, 0.2) is 84.0 Å². The average Bonchev–Trinajstić information content (AvgIpc) is 2.69. The molecule has 0 fully saturated rings. The third-order valence-corrected chi connectivity index (χ3v) is 4.10. The highest BCUT2D eigenvalue weighted by Gasteiger charge is 2.08. The van der Waals surface area contributed by atoms with Gasteiger partial charge in [-0.2, -0.15) is 5.10 Å². The van der Waals surface area contributed by atoms with E-state index in [9.17, 15) is 0 Å². The first-order valence-corrected chi connectivity index (χ1v) is 8.47. The van der Waals surface area contributed by atoms with E-state index in [1.807, 2.05) is 66.7 Å². The maximum absolute atomic E-state index is 4.70. The van der Waals surface area contributed by atoms with E-state index in [4.69, 9.17) is 9.97 Å². The van der Waals surface area contributed by atoms with E-state index in [0.29, 0.717) is 11.6 Å². The van der Waals surface area contributed by atoms with Crippen molar-refractivity contribution in [2.24, 2.45) is 5.10 Å². The van der Waals surface area contributed by atoms with E-state index >= 15 is 0 Å². The van der Waals surface area contributed by atoms with E-state index in [1.165, 1.54) is 5.56 Å². The van der Waals surface area contributed by atoms with Crippen LogP contribution in [0.2, 0.25) is 0 Å². The van der Waals surface area contributed by atoms with Crippen LogP contribution in [0.5, 0.6) is 0 Å².